The van der Waals surface area contributed by atoms with Crippen molar-refractivity contribution in [3.8, 4) is 6.07 Å². The van der Waals surface area contributed by atoms with Crippen LogP contribution in [0.3, 0.4) is 0 Å². The van der Waals surface area contributed by atoms with Gasteiger partial charge in [-0.3, -0.25) is 4.90 Å². The van der Waals surface area contributed by atoms with Gasteiger partial charge in [0, 0.05) is 24.8 Å². The van der Waals surface area contributed by atoms with E-state index in [1.165, 1.54) is 24.1 Å². The summed E-state index contributed by atoms with van der Waals surface area (Å²) >= 11 is 0. The lowest BCUT2D eigenvalue weighted by Crippen LogP contribution is -2.46. The summed E-state index contributed by atoms with van der Waals surface area (Å²) in [6.45, 7) is 4.81. The minimum Gasteiger partial charge on any atom is -0.370 e. The monoisotopic (exact) mass is 243 g/mol. The van der Waals surface area contributed by atoms with Crippen molar-refractivity contribution >= 4 is 5.69 Å². The van der Waals surface area contributed by atoms with Gasteiger partial charge in [0.2, 0.25) is 0 Å². The van der Waals surface area contributed by atoms with Crippen molar-refractivity contribution in [2.45, 2.75) is 25.8 Å². The van der Waals surface area contributed by atoms with Crippen molar-refractivity contribution in [1.82, 2.24) is 4.90 Å². The first-order valence-electron chi connectivity index (χ1n) is 6.59. The van der Waals surface area contributed by atoms with Gasteiger partial charge >= 0.3 is 0 Å². The average molecular weight is 243 g/mol. The molecule has 0 N–H and O–H groups in total. The lowest BCUT2D eigenvalue weighted by atomic mass is 10.0. The minimum atomic E-state index is 0.499. The van der Waals surface area contributed by atoms with E-state index in [-0.39, 0.29) is 0 Å². The summed E-state index contributed by atoms with van der Waals surface area (Å²) in [4.78, 5) is 4.61. The maximum absolute atomic E-state index is 8.78. The third kappa shape index (κ3) is 3.02. The Hall–Kier alpha value is -1.53. The van der Waals surface area contributed by atoms with Crippen LogP contribution in [0.25, 0.3) is 0 Å². The number of aryl methyl sites for hydroxylation is 1. The molecule has 1 heterocycles. The van der Waals surface area contributed by atoms with Crippen LogP contribution in [0.5, 0.6) is 0 Å². The predicted molar refractivity (Wildman–Crippen MR) is 74.7 cm³/mol. The first-order valence-corrected chi connectivity index (χ1v) is 6.59. The van der Waals surface area contributed by atoms with Crippen LogP contribution in [0.15, 0.2) is 24.3 Å². The smallest absolute Gasteiger partial charge is 0.0866 e. The van der Waals surface area contributed by atoms with E-state index in [2.05, 4.69) is 47.1 Å². The van der Waals surface area contributed by atoms with Crippen molar-refractivity contribution in [2.75, 3.05) is 31.6 Å². The molecule has 1 aromatic carbocycles. The zero-order chi connectivity index (χ0) is 13.0. The van der Waals surface area contributed by atoms with Gasteiger partial charge in [0.1, 0.15) is 0 Å². The average Bonchev–Trinajstić information content (AvgIpc) is 2.39. The molecule has 2 rings (SSSR count). The summed E-state index contributed by atoms with van der Waals surface area (Å²) in [6, 6.07) is 11.4. The zero-order valence-electron chi connectivity index (χ0n) is 11.3. The SMILES string of the molecule is Cc1cccc(N2CCCC(N(C)CC#N)C2)c1. The Kier molecular flexibility index (Phi) is 4.22. The van der Waals surface area contributed by atoms with E-state index in [1.807, 2.05) is 7.05 Å². The first-order chi connectivity index (χ1) is 8.70. The molecule has 0 aromatic heterocycles. The van der Waals surface area contributed by atoms with Gasteiger partial charge in [-0.2, -0.15) is 5.26 Å². The van der Waals surface area contributed by atoms with E-state index < -0.39 is 0 Å². The van der Waals surface area contributed by atoms with Crippen LogP contribution in [0.4, 0.5) is 5.69 Å². The summed E-state index contributed by atoms with van der Waals surface area (Å²) in [6.07, 6.45) is 2.40. The number of rotatable bonds is 3. The van der Waals surface area contributed by atoms with Gasteiger partial charge in [0.25, 0.3) is 0 Å². The highest BCUT2D eigenvalue weighted by Gasteiger charge is 2.23. The van der Waals surface area contributed by atoms with Crippen LogP contribution < -0.4 is 4.90 Å². The van der Waals surface area contributed by atoms with Crippen molar-refractivity contribution < 1.29 is 0 Å². The number of piperidine rings is 1. The lowest BCUT2D eigenvalue weighted by Gasteiger charge is -2.38. The molecule has 0 bridgehead atoms. The van der Waals surface area contributed by atoms with Gasteiger partial charge in [-0.1, -0.05) is 12.1 Å². The first kappa shape index (κ1) is 12.9. The summed E-state index contributed by atoms with van der Waals surface area (Å²) in [5.74, 6) is 0. The molecule has 1 aromatic rings. The molecule has 0 aliphatic carbocycles. The standard InChI is InChI=1S/C15H21N3/c1-13-5-3-6-14(11-13)18-9-4-7-15(12-18)17(2)10-8-16/h3,5-6,11,15H,4,7,9-10,12H2,1-2H3. The Morgan fingerprint density at radius 3 is 3.06 bits per heavy atom. The Balaban J connectivity index is 2.05. The molecule has 18 heavy (non-hydrogen) atoms. The molecule has 96 valence electrons. The van der Waals surface area contributed by atoms with E-state index in [0.717, 1.165) is 13.1 Å². The molecule has 3 nitrogen and oxygen atoms in total. The topological polar surface area (TPSA) is 30.3 Å². The number of nitrogens with zero attached hydrogens (tertiary/aromatic N) is 3. The lowest BCUT2D eigenvalue weighted by molar-refractivity contribution is 0.238. The van der Waals surface area contributed by atoms with Gasteiger partial charge in [-0.15, -0.1) is 0 Å². The summed E-state index contributed by atoms with van der Waals surface area (Å²) in [5, 5.41) is 8.78. The van der Waals surface area contributed by atoms with Crippen LogP contribution in [0.2, 0.25) is 0 Å². The van der Waals surface area contributed by atoms with E-state index in [1.54, 1.807) is 0 Å². The normalized spacial score (nSPS) is 19.9. The number of hydrogen-bond acceptors (Lipinski definition) is 3. The van der Waals surface area contributed by atoms with Crippen LogP contribution >= 0.6 is 0 Å². The zero-order valence-corrected chi connectivity index (χ0v) is 11.3. The van der Waals surface area contributed by atoms with Gasteiger partial charge < -0.3 is 4.90 Å². The minimum absolute atomic E-state index is 0.499. The molecule has 1 aliphatic heterocycles. The van der Waals surface area contributed by atoms with E-state index in [0.29, 0.717) is 12.6 Å². The number of hydrogen-bond donors (Lipinski definition) is 0. The van der Waals surface area contributed by atoms with Crippen LogP contribution in [-0.2, 0) is 0 Å². The van der Waals surface area contributed by atoms with Gasteiger partial charge in [-0.25, -0.2) is 0 Å². The molecule has 1 fully saturated rings. The van der Waals surface area contributed by atoms with Crippen LogP contribution in [-0.4, -0.2) is 37.6 Å². The summed E-state index contributed by atoms with van der Waals surface area (Å²) in [7, 11) is 2.05. The van der Waals surface area contributed by atoms with Gasteiger partial charge in [0.05, 0.1) is 12.6 Å². The van der Waals surface area contributed by atoms with Crippen molar-refractivity contribution in [1.29, 1.82) is 5.26 Å². The number of likely N-dealkylation sites (N-methyl/N-ethyl adjacent to an activating group) is 1. The third-order valence-corrected chi connectivity index (χ3v) is 3.71. The molecule has 0 spiro atoms. The Bertz CT molecular complexity index is 436. The second kappa shape index (κ2) is 5.88. The number of benzene rings is 1. The molecule has 0 amide bonds. The van der Waals surface area contributed by atoms with Gasteiger partial charge in [-0.05, 0) is 44.5 Å². The van der Waals surface area contributed by atoms with Crippen molar-refractivity contribution in [2.24, 2.45) is 0 Å². The summed E-state index contributed by atoms with van der Waals surface area (Å²) < 4.78 is 0. The van der Waals surface area contributed by atoms with E-state index in [9.17, 15) is 0 Å². The third-order valence-electron chi connectivity index (χ3n) is 3.71. The molecule has 0 radical (unpaired) electrons. The molecule has 1 unspecified atom stereocenters. The van der Waals surface area contributed by atoms with E-state index >= 15 is 0 Å². The maximum atomic E-state index is 8.78. The molecular weight excluding hydrogens is 222 g/mol. The second-order valence-corrected chi connectivity index (χ2v) is 5.15. The number of nitriles is 1. The summed E-state index contributed by atoms with van der Waals surface area (Å²) in [5.41, 5.74) is 2.62. The highest BCUT2D eigenvalue weighted by Crippen LogP contribution is 2.22. The predicted octanol–water partition coefficient (Wildman–Crippen LogP) is 2.42. The second-order valence-electron chi connectivity index (χ2n) is 5.15. The fraction of sp³-hybridized carbons (Fsp3) is 0.533. The largest absolute Gasteiger partial charge is 0.370 e. The van der Waals surface area contributed by atoms with Crippen molar-refractivity contribution in [3.63, 3.8) is 0 Å². The van der Waals surface area contributed by atoms with Crippen LogP contribution in [0.1, 0.15) is 18.4 Å². The van der Waals surface area contributed by atoms with Crippen LogP contribution in [0, 0.1) is 18.3 Å². The fourth-order valence-electron chi connectivity index (χ4n) is 2.61. The number of anilines is 1. The fourth-order valence-corrected chi connectivity index (χ4v) is 2.61. The Morgan fingerprint density at radius 1 is 1.50 bits per heavy atom. The Labute approximate surface area is 110 Å². The molecule has 1 aliphatic rings. The Morgan fingerprint density at radius 2 is 2.33 bits per heavy atom. The highest BCUT2D eigenvalue weighted by atomic mass is 15.2. The molecular formula is C15H21N3. The quantitative estimate of drug-likeness (QED) is 0.764. The maximum Gasteiger partial charge on any atom is 0.0866 e. The van der Waals surface area contributed by atoms with Crippen molar-refractivity contribution in [3.05, 3.63) is 29.8 Å². The molecule has 1 atom stereocenters. The van der Waals surface area contributed by atoms with E-state index in [4.69, 9.17) is 5.26 Å². The molecule has 1 saturated heterocycles. The molecule has 0 saturated carbocycles. The molecule has 3 heteroatoms. The van der Waals surface area contributed by atoms with Gasteiger partial charge in [0.15, 0.2) is 0 Å². The highest BCUT2D eigenvalue weighted by molar-refractivity contribution is 5.48.